The summed E-state index contributed by atoms with van der Waals surface area (Å²) in [6.07, 6.45) is -9.74. The van der Waals surface area contributed by atoms with Crippen LogP contribution >= 0.6 is 0 Å². The van der Waals surface area contributed by atoms with Gasteiger partial charge < -0.3 is 24.5 Å². The van der Waals surface area contributed by atoms with Crippen LogP contribution in [0.4, 0.5) is 26.3 Å². The Morgan fingerprint density at radius 3 is 2.41 bits per heavy atom. The molecule has 1 unspecified atom stereocenters. The molecule has 2 aromatic rings. The first-order valence-corrected chi connectivity index (χ1v) is 9.47. The number of fused-ring (bicyclic) bond motifs is 1. The highest BCUT2D eigenvalue weighted by Crippen LogP contribution is 2.37. The van der Waals surface area contributed by atoms with Gasteiger partial charge >= 0.3 is 19.7 Å². The van der Waals surface area contributed by atoms with Gasteiger partial charge in [-0.3, -0.25) is 4.79 Å². The largest absolute Gasteiger partial charge is 0.573 e. The van der Waals surface area contributed by atoms with Crippen LogP contribution in [0, 0.1) is 11.3 Å². The third-order valence-corrected chi connectivity index (χ3v) is 4.71. The van der Waals surface area contributed by atoms with Gasteiger partial charge in [0.05, 0.1) is 18.2 Å². The van der Waals surface area contributed by atoms with Crippen LogP contribution in [0.5, 0.6) is 11.5 Å². The van der Waals surface area contributed by atoms with Crippen LogP contribution in [-0.4, -0.2) is 36.6 Å². The van der Waals surface area contributed by atoms with Crippen molar-refractivity contribution in [2.24, 2.45) is 0 Å². The lowest BCUT2D eigenvalue weighted by Gasteiger charge is -2.25. The number of nitriles is 1. The summed E-state index contributed by atoms with van der Waals surface area (Å²) < 4.78 is 91.0. The lowest BCUT2D eigenvalue weighted by Crippen LogP contribution is -2.49. The minimum atomic E-state index is -4.92. The van der Waals surface area contributed by atoms with Gasteiger partial charge in [-0.15, -0.1) is 13.2 Å². The zero-order valence-electron chi connectivity index (χ0n) is 17.3. The van der Waals surface area contributed by atoms with Crippen molar-refractivity contribution in [3.8, 4) is 17.6 Å². The van der Waals surface area contributed by atoms with Gasteiger partial charge in [-0.2, -0.15) is 18.4 Å². The van der Waals surface area contributed by atoms with Crippen LogP contribution in [-0.2, 0) is 17.4 Å². The molecule has 1 amide bonds. The average molecular weight is 488 g/mol. The number of alkyl halides is 6. The van der Waals surface area contributed by atoms with Crippen molar-refractivity contribution in [1.29, 1.82) is 5.26 Å². The van der Waals surface area contributed by atoms with Gasteiger partial charge in [0, 0.05) is 5.56 Å². The minimum absolute atomic E-state index is 0.0758. The highest BCUT2D eigenvalue weighted by atomic mass is 19.4. The topological polar surface area (TPSA) is 101 Å². The monoisotopic (exact) mass is 488 g/mol. The quantitative estimate of drug-likeness (QED) is 0.480. The van der Waals surface area contributed by atoms with Crippen molar-refractivity contribution in [3.63, 3.8) is 0 Å². The van der Waals surface area contributed by atoms with Crippen LogP contribution in [0.2, 0.25) is 0 Å². The van der Waals surface area contributed by atoms with Gasteiger partial charge in [0.15, 0.2) is 5.54 Å². The second-order valence-electron chi connectivity index (χ2n) is 7.47. The third-order valence-electron chi connectivity index (χ3n) is 4.71. The predicted molar refractivity (Wildman–Crippen MR) is 104 cm³/mol. The van der Waals surface area contributed by atoms with E-state index in [1.54, 1.807) is 6.07 Å². The van der Waals surface area contributed by atoms with Crippen molar-refractivity contribution >= 4 is 18.5 Å². The number of nitrogens with zero attached hydrogens (tertiary/aromatic N) is 1. The highest BCUT2D eigenvalue weighted by Gasteiger charge is 2.39. The van der Waals surface area contributed by atoms with E-state index in [4.69, 9.17) is 9.39 Å². The second-order valence-corrected chi connectivity index (χ2v) is 7.47. The number of carbonyl (C=O) groups excluding carboxylic acids is 1. The lowest BCUT2D eigenvalue weighted by atomic mass is 9.79. The molecule has 0 bridgehead atoms. The van der Waals surface area contributed by atoms with Gasteiger partial charge in [0.25, 0.3) is 5.91 Å². The standard InChI is InChI=1S/C20H15BF6N2O5/c1-18(9-28,29-17(30)11-2-4-13(5-3-11)34-20(25,26)27)10-32-16-7-15-12(8-33-21(15)31)6-14(16)19(22,23)24/h2-7,31H,8,10H2,1H3,(H,29,30). The van der Waals surface area contributed by atoms with Gasteiger partial charge in [-0.1, -0.05) is 0 Å². The number of nitrogens with one attached hydrogen (secondary N) is 1. The molecule has 0 saturated carbocycles. The Morgan fingerprint density at radius 1 is 1.21 bits per heavy atom. The number of rotatable bonds is 6. The smallest absolute Gasteiger partial charge is 0.489 e. The van der Waals surface area contributed by atoms with E-state index in [0.29, 0.717) is 0 Å². The van der Waals surface area contributed by atoms with Gasteiger partial charge in [0.2, 0.25) is 0 Å². The van der Waals surface area contributed by atoms with E-state index in [1.165, 1.54) is 6.92 Å². The predicted octanol–water partition coefficient (Wildman–Crippen LogP) is 2.91. The molecule has 0 aliphatic carbocycles. The summed E-state index contributed by atoms with van der Waals surface area (Å²) in [6.45, 7) is 0.243. The number of hydrogen-bond donors (Lipinski definition) is 2. The molecule has 7 nitrogen and oxygen atoms in total. The molecule has 0 aromatic heterocycles. The lowest BCUT2D eigenvalue weighted by molar-refractivity contribution is -0.274. The normalized spacial score (nSPS) is 15.2. The second kappa shape index (κ2) is 9.07. The molecule has 14 heteroatoms. The number of halogens is 6. The summed E-state index contributed by atoms with van der Waals surface area (Å²) in [7, 11) is -1.44. The molecule has 1 heterocycles. The van der Waals surface area contributed by atoms with E-state index in [2.05, 4.69) is 10.1 Å². The van der Waals surface area contributed by atoms with E-state index >= 15 is 0 Å². The Balaban J connectivity index is 1.75. The maximum absolute atomic E-state index is 13.5. The fourth-order valence-corrected chi connectivity index (χ4v) is 3.04. The van der Waals surface area contributed by atoms with E-state index in [1.807, 2.05) is 0 Å². The first-order chi connectivity index (χ1) is 15.7. The Morgan fingerprint density at radius 2 is 1.85 bits per heavy atom. The van der Waals surface area contributed by atoms with E-state index < -0.39 is 54.8 Å². The van der Waals surface area contributed by atoms with Gasteiger partial charge in [-0.25, -0.2) is 0 Å². The molecule has 34 heavy (non-hydrogen) atoms. The molecule has 0 spiro atoms. The molecular formula is C20H15BF6N2O5. The van der Waals surface area contributed by atoms with Crippen LogP contribution in [0.3, 0.4) is 0 Å². The average Bonchev–Trinajstić information content (AvgIpc) is 3.10. The minimum Gasteiger partial charge on any atom is -0.489 e. The highest BCUT2D eigenvalue weighted by molar-refractivity contribution is 6.61. The van der Waals surface area contributed by atoms with E-state index in [-0.39, 0.29) is 23.2 Å². The molecule has 0 radical (unpaired) electrons. The molecule has 0 saturated heterocycles. The van der Waals surface area contributed by atoms with Crippen LogP contribution in [0.25, 0.3) is 0 Å². The van der Waals surface area contributed by atoms with E-state index in [9.17, 15) is 41.4 Å². The summed E-state index contributed by atoms with van der Waals surface area (Å²) >= 11 is 0. The zero-order chi connectivity index (χ0) is 25.3. The molecule has 1 aliphatic rings. The Hall–Kier alpha value is -3.44. The molecule has 3 rings (SSSR count). The molecule has 2 aromatic carbocycles. The third kappa shape index (κ3) is 5.92. The Bertz CT molecular complexity index is 1120. The number of ether oxygens (including phenoxy) is 2. The van der Waals surface area contributed by atoms with Gasteiger partial charge in [-0.05, 0) is 54.3 Å². The number of carbonyl (C=O) groups is 1. The molecule has 1 atom stereocenters. The SMILES string of the molecule is CC(C#N)(COc1cc2c(cc1C(F)(F)F)COB2O)NC(=O)c1ccc(OC(F)(F)F)cc1. The fourth-order valence-electron chi connectivity index (χ4n) is 3.04. The number of amides is 1. The maximum Gasteiger partial charge on any atom is 0.573 e. The summed E-state index contributed by atoms with van der Waals surface area (Å²) in [5.74, 6) is -2.14. The fraction of sp³-hybridized carbons (Fsp3) is 0.300. The molecule has 0 fully saturated rings. The Labute approximate surface area is 189 Å². The van der Waals surface area contributed by atoms with Crippen LogP contribution in [0.15, 0.2) is 36.4 Å². The summed E-state index contributed by atoms with van der Waals surface area (Å²) in [6, 6.07) is 7.25. The molecule has 1 aliphatic heterocycles. The Kier molecular flexibility index (Phi) is 6.72. The maximum atomic E-state index is 13.5. The van der Waals surface area contributed by atoms with Gasteiger partial charge in [0.1, 0.15) is 18.1 Å². The summed E-state index contributed by atoms with van der Waals surface area (Å²) in [5.41, 5.74) is -2.91. The number of hydrogen-bond acceptors (Lipinski definition) is 6. The van der Waals surface area contributed by atoms with Crippen LogP contribution in [0.1, 0.15) is 28.4 Å². The first kappa shape index (κ1) is 25.2. The summed E-state index contributed by atoms with van der Waals surface area (Å²) in [4.78, 5) is 12.4. The van der Waals surface area contributed by atoms with Crippen molar-refractivity contribution in [2.75, 3.05) is 6.61 Å². The summed E-state index contributed by atoms with van der Waals surface area (Å²) in [5, 5.41) is 21.5. The van der Waals surface area contributed by atoms with Crippen LogP contribution < -0.4 is 20.3 Å². The van der Waals surface area contributed by atoms with E-state index in [0.717, 1.165) is 36.4 Å². The van der Waals surface area contributed by atoms with Crippen molar-refractivity contribution < 1.29 is 50.3 Å². The number of benzene rings is 2. The van der Waals surface area contributed by atoms with Crippen molar-refractivity contribution in [1.82, 2.24) is 5.32 Å². The molecule has 2 N–H and O–H groups in total. The first-order valence-electron chi connectivity index (χ1n) is 9.47. The zero-order valence-corrected chi connectivity index (χ0v) is 17.3. The molecule has 180 valence electrons. The van der Waals surface area contributed by atoms with Crippen molar-refractivity contribution in [3.05, 3.63) is 53.1 Å². The van der Waals surface area contributed by atoms with Crippen molar-refractivity contribution in [2.45, 2.75) is 31.6 Å². The molecular weight excluding hydrogens is 473 g/mol.